The molecule has 0 saturated carbocycles. The van der Waals surface area contributed by atoms with Crippen molar-refractivity contribution in [3.8, 4) is 5.75 Å². The number of hydrogen-bond donors (Lipinski definition) is 0. The van der Waals surface area contributed by atoms with Gasteiger partial charge in [-0.3, -0.25) is 4.40 Å². The molecule has 2 aliphatic heterocycles. The third-order valence-electron chi connectivity index (χ3n) is 5.51. The second kappa shape index (κ2) is 6.98. The zero-order chi connectivity index (χ0) is 19.1. The second-order valence-corrected chi connectivity index (χ2v) is 7.29. The third-order valence-corrected chi connectivity index (χ3v) is 5.51. The molecule has 144 valence electrons. The molecule has 1 unspecified atom stereocenters. The van der Waals surface area contributed by atoms with Crippen molar-refractivity contribution in [3.05, 3.63) is 59.1 Å². The van der Waals surface area contributed by atoms with Gasteiger partial charge in [-0.2, -0.15) is 0 Å². The molecule has 0 amide bonds. The molecule has 0 spiro atoms. The lowest BCUT2D eigenvalue weighted by Crippen LogP contribution is -2.15. The molecule has 2 aliphatic rings. The molecule has 2 aromatic heterocycles. The number of nitrogens with zero attached hydrogens (tertiary/aromatic N) is 4. The number of halogens is 1. The predicted molar refractivity (Wildman–Crippen MR) is 102 cm³/mol. The van der Waals surface area contributed by atoms with Crippen LogP contribution in [0.25, 0.3) is 11.2 Å². The summed E-state index contributed by atoms with van der Waals surface area (Å²) in [6.45, 7) is 3.27. The van der Waals surface area contributed by atoms with Crippen molar-refractivity contribution in [1.29, 1.82) is 0 Å². The molecule has 3 aromatic rings. The standard InChI is InChI=1S/C21H21FN4O2/c1-13-10-14(6-8-27-13)17-11-23-20(26-12-24-25-21(17)26)5-2-15-16-7-9-28-19(16)4-3-18(15)22/h3-4,6,11-13H,2,5,7-10H2,1H3. The molecule has 7 heteroatoms. The smallest absolute Gasteiger partial charge is 0.171 e. The predicted octanol–water partition coefficient (Wildman–Crippen LogP) is 3.18. The third kappa shape index (κ3) is 2.96. The topological polar surface area (TPSA) is 61.5 Å². The van der Waals surface area contributed by atoms with E-state index >= 15 is 0 Å². The van der Waals surface area contributed by atoms with Gasteiger partial charge in [-0.15, -0.1) is 10.2 Å². The van der Waals surface area contributed by atoms with E-state index in [2.05, 4.69) is 28.2 Å². The normalized spacial score (nSPS) is 18.8. The van der Waals surface area contributed by atoms with Crippen LogP contribution in [-0.2, 0) is 24.0 Å². The van der Waals surface area contributed by atoms with Crippen molar-refractivity contribution in [1.82, 2.24) is 19.6 Å². The summed E-state index contributed by atoms with van der Waals surface area (Å²) in [7, 11) is 0. The first-order chi connectivity index (χ1) is 13.7. The van der Waals surface area contributed by atoms with Gasteiger partial charge < -0.3 is 9.47 Å². The molecular weight excluding hydrogens is 359 g/mol. The van der Waals surface area contributed by atoms with Crippen LogP contribution in [0.3, 0.4) is 0 Å². The molecule has 1 atom stereocenters. The average molecular weight is 380 g/mol. The van der Waals surface area contributed by atoms with Crippen LogP contribution in [0, 0.1) is 5.82 Å². The van der Waals surface area contributed by atoms with Crippen LogP contribution in [0.2, 0.25) is 0 Å². The maximum Gasteiger partial charge on any atom is 0.171 e. The van der Waals surface area contributed by atoms with Crippen LogP contribution in [0.15, 0.2) is 30.7 Å². The van der Waals surface area contributed by atoms with Crippen LogP contribution < -0.4 is 4.74 Å². The van der Waals surface area contributed by atoms with E-state index < -0.39 is 0 Å². The lowest BCUT2D eigenvalue weighted by molar-refractivity contribution is 0.0851. The first-order valence-electron chi connectivity index (χ1n) is 9.62. The maximum atomic E-state index is 14.4. The number of ether oxygens (including phenoxy) is 2. The van der Waals surface area contributed by atoms with Crippen molar-refractivity contribution in [2.75, 3.05) is 13.2 Å². The van der Waals surface area contributed by atoms with Gasteiger partial charge in [0.2, 0.25) is 0 Å². The summed E-state index contributed by atoms with van der Waals surface area (Å²) in [5.74, 6) is 1.44. The molecule has 0 radical (unpaired) electrons. The van der Waals surface area contributed by atoms with Gasteiger partial charge in [0.25, 0.3) is 0 Å². The highest BCUT2D eigenvalue weighted by Crippen LogP contribution is 2.31. The number of hydrogen-bond acceptors (Lipinski definition) is 5. The van der Waals surface area contributed by atoms with Crippen LogP contribution >= 0.6 is 0 Å². The lowest BCUT2D eigenvalue weighted by Gasteiger charge is -2.20. The molecular formula is C21H21FN4O2. The summed E-state index contributed by atoms with van der Waals surface area (Å²) >= 11 is 0. The monoisotopic (exact) mass is 380 g/mol. The van der Waals surface area contributed by atoms with Crippen LogP contribution in [0.5, 0.6) is 5.75 Å². The highest BCUT2D eigenvalue weighted by atomic mass is 19.1. The quantitative estimate of drug-likeness (QED) is 0.696. The van der Waals surface area contributed by atoms with E-state index in [1.165, 1.54) is 11.6 Å². The molecule has 28 heavy (non-hydrogen) atoms. The fourth-order valence-electron chi connectivity index (χ4n) is 4.09. The Balaban J connectivity index is 1.46. The minimum atomic E-state index is -0.179. The Morgan fingerprint density at radius 2 is 2.21 bits per heavy atom. The van der Waals surface area contributed by atoms with E-state index in [1.807, 2.05) is 10.6 Å². The number of rotatable bonds is 4. The Morgan fingerprint density at radius 3 is 3.11 bits per heavy atom. The van der Waals surface area contributed by atoms with E-state index in [0.29, 0.717) is 26.1 Å². The van der Waals surface area contributed by atoms with Crippen molar-refractivity contribution < 1.29 is 13.9 Å². The number of fused-ring (bicyclic) bond motifs is 2. The van der Waals surface area contributed by atoms with Crippen LogP contribution in [-0.4, -0.2) is 38.9 Å². The molecule has 0 fully saturated rings. The summed E-state index contributed by atoms with van der Waals surface area (Å²) in [5.41, 5.74) is 4.66. The molecule has 5 rings (SSSR count). The van der Waals surface area contributed by atoms with Crippen LogP contribution in [0.4, 0.5) is 4.39 Å². The molecule has 0 bridgehead atoms. The van der Waals surface area contributed by atoms with Crippen molar-refractivity contribution in [2.24, 2.45) is 0 Å². The summed E-state index contributed by atoms with van der Waals surface area (Å²) in [6.07, 6.45) is 8.53. The molecule has 0 aliphatic carbocycles. The van der Waals surface area contributed by atoms with Gasteiger partial charge in [0.1, 0.15) is 23.7 Å². The van der Waals surface area contributed by atoms with E-state index in [4.69, 9.17) is 9.47 Å². The van der Waals surface area contributed by atoms with Gasteiger partial charge in [-0.05, 0) is 43.0 Å². The Morgan fingerprint density at radius 1 is 1.29 bits per heavy atom. The zero-order valence-corrected chi connectivity index (χ0v) is 15.7. The molecule has 4 heterocycles. The SMILES string of the molecule is CC1CC(c2cnc(CCc3c(F)ccc4c3CCO4)n3cnnc23)=CCO1. The molecule has 6 nitrogen and oxygen atoms in total. The second-order valence-electron chi connectivity index (χ2n) is 7.29. The molecule has 0 saturated heterocycles. The fraction of sp³-hybridized carbons (Fsp3) is 0.381. The number of aryl methyl sites for hydroxylation is 1. The van der Waals surface area contributed by atoms with Crippen molar-refractivity contribution in [2.45, 2.75) is 38.7 Å². The maximum absolute atomic E-state index is 14.4. The zero-order valence-electron chi connectivity index (χ0n) is 15.7. The van der Waals surface area contributed by atoms with E-state index in [9.17, 15) is 4.39 Å². The number of aromatic nitrogens is 4. The summed E-state index contributed by atoms with van der Waals surface area (Å²) in [6, 6.07) is 3.21. The Hall–Kier alpha value is -2.80. The van der Waals surface area contributed by atoms with Gasteiger partial charge in [0.15, 0.2) is 5.65 Å². The molecule has 1 aromatic carbocycles. The Kier molecular flexibility index (Phi) is 4.31. The molecule has 0 N–H and O–H groups in total. The highest BCUT2D eigenvalue weighted by molar-refractivity contribution is 5.76. The van der Waals surface area contributed by atoms with Crippen molar-refractivity contribution >= 4 is 11.2 Å². The van der Waals surface area contributed by atoms with E-state index in [1.54, 1.807) is 12.4 Å². The largest absolute Gasteiger partial charge is 0.493 e. The first kappa shape index (κ1) is 17.3. The van der Waals surface area contributed by atoms with Crippen molar-refractivity contribution in [3.63, 3.8) is 0 Å². The average Bonchev–Trinajstić information content (AvgIpc) is 3.36. The van der Waals surface area contributed by atoms with Gasteiger partial charge in [-0.25, -0.2) is 9.37 Å². The summed E-state index contributed by atoms with van der Waals surface area (Å²) < 4.78 is 27.5. The minimum Gasteiger partial charge on any atom is -0.493 e. The van der Waals surface area contributed by atoms with Crippen LogP contribution in [0.1, 0.15) is 35.9 Å². The number of benzene rings is 1. The van der Waals surface area contributed by atoms with Gasteiger partial charge in [0, 0.05) is 30.2 Å². The van der Waals surface area contributed by atoms with Gasteiger partial charge in [0.05, 0.1) is 19.3 Å². The fourth-order valence-corrected chi connectivity index (χ4v) is 4.09. The van der Waals surface area contributed by atoms with E-state index in [0.717, 1.165) is 46.8 Å². The first-order valence-corrected chi connectivity index (χ1v) is 9.62. The van der Waals surface area contributed by atoms with E-state index in [-0.39, 0.29) is 11.9 Å². The Labute approximate surface area is 162 Å². The lowest BCUT2D eigenvalue weighted by atomic mass is 9.99. The highest BCUT2D eigenvalue weighted by Gasteiger charge is 2.21. The summed E-state index contributed by atoms with van der Waals surface area (Å²) in [5, 5.41) is 8.39. The summed E-state index contributed by atoms with van der Waals surface area (Å²) in [4.78, 5) is 4.67. The Bertz CT molecular complexity index is 1080. The minimum absolute atomic E-state index is 0.174. The van der Waals surface area contributed by atoms with Gasteiger partial charge in [-0.1, -0.05) is 6.08 Å². The van der Waals surface area contributed by atoms with Gasteiger partial charge >= 0.3 is 0 Å².